The molecule has 0 radical (unpaired) electrons. The van der Waals surface area contributed by atoms with Gasteiger partial charge in [0.15, 0.2) is 0 Å². The highest BCUT2D eigenvalue weighted by Gasteiger charge is 2.17. The predicted octanol–water partition coefficient (Wildman–Crippen LogP) is 2.97. The number of halogens is 2. The summed E-state index contributed by atoms with van der Waals surface area (Å²) < 4.78 is 27.2. The van der Waals surface area contributed by atoms with Gasteiger partial charge < -0.3 is 11.1 Å². The largest absolute Gasteiger partial charge is 0.399 e. The highest BCUT2D eigenvalue weighted by Crippen LogP contribution is 2.20. The summed E-state index contributed by atoms with van der Waals surface area (Å²) in [5, 5.41) is 2.59. The van der Waals surface area contributed by atoms with Gasteiger partial charge in [0.05, 0.1) is 12.5 Å². The van der Waals surface area contributed by atoms with Crippen molar-refractivity contribution in [3.63, 3.8) is 0 Å². The van der Waals surface area contributed by atoms with E-state index in [4.69, 9.17) is 5.73 Å². The van der Waals surface area contributed by atoms with Crippen LogP contribution in [0.3, 0.4) is 0 Å². The quantitative estimate of drug-likeness (QED) is 0.851. The standard InChI is InChI=1S/C16H16F2N2O/c1-10(16-13(17)3-2-4-14(16)18)20-15(21)9-11-5-7-12(19)8-6-11/h2-8,10H,9,19H2,1H3,(H,20,21). The SMILES string of the molecule is CC(NC(=O)Cc1ccc(N)cc1)c1c(F)cccc1F. The molecule has 0 aliphatic carbocycles. The number of carbonyl (C=O) groups is 1. The van der Waals surface area contributed by atoms with Crippen LogP contribution in [0.15, 0.2) is 42.5 Å². The van der Waals surface area contributed by atoms with Crippen LogP contribution in [-0.4, -0.2) is 5.91 Å². The van der Waals surface area contributed by atoms with Crippen LogP contribution >= 0.6 is 0 Å². The van der Waals surface area contributed by atoms with E-state index < -0.39 is 17.7 Å². The Morgan fingerprint density at radius 1 is 1.14 bits per heavy atom. The van der Waals surface area contributed by atoms with Gasteiger partial charge in [-0.2, -0.15) is 0 Å². The van der Waals surface area contributed by atoms with E-state index in [0.29, 0.717) is 5.69 Å². The van der Waals surface area contributed by atoms with E-state index in [1.54, 1.807) is 31.2 Å². The van der Waals surface area contributed by atoms with Crippen molar-refractivity contribution < 1.29 is 13.6 Å². The van der Waals surface area contributed by atoms with Crippen molar-refractivity contribution in [1.82, 2.24) is 5.32 Å². The Balaban J connectivity index is 2.04. The van der Waals surface area contributed by atoms with Gasteiger partial charge in [-0.1, -0.05) is 18.2 Å². The fraction of sp³-hybridized carbons (Fsp3) is 0.188. The summed E-state index contributed by atoms with van der Waals surface area (Å²) in [6.07, 6.45) is 0.126. The zero-order chi connectivity index (χ0) is 15.4. The molecule has 1 atom stereocenters. The number of nitrogens with one attached hydrogen (secondary N) is 1. The summed E-state index contributed by atoms with van der Waals surface area (Å²) in [6, 6.07) is 9.75. The molecule has 21 heavy (non-hydrogen) atoms. The molecular weight excluding hydrogens is 274 g/mol. The van der Waals surface area contributed by atoms with Crippen molar-refractivity contribution in [2.24, 2.45) is 0 Å². The van der Waals surface area contributed by atoms with Crippen LogP contribution in [0.2, 0.25) is 0 Å². The Hall–Kier alpha value is -2.43. The fourth-order valence-electron chi connectivity index (χ4n) is 2.11. The summed E-state index contributed by atoms with van der Waals surface area (Å²) in [5.74, 6) is -1.65. The highest BCUT2D eigenvalue weighted by atomic mass is 19.1. The number of nitrogen functional groups attached to an aromatic ring is 1. The summed E-state index contributed by atoms with van der Waals surface area (Å²) in [7, 11) is 0. The van der Waals surface area contributed by atoms with E-state index in [2.05, 4.69) is 5.32 Å². The second-order valence-electron chi connectivity index (χ2n) is 4.84. The summed E-state index contributed by atoms with van der Waals surface area (Å²) in [6.45, 7) is 1.54. The van der Waals surface area contributed by atoms with Crippen molar-refractivity contribution in [2.45, 2.75) is 19.4 Å². The smallest absolute Gasteiger partial charge is 0.224 e. The molecule has 0 heterocycles. The molecule has 2 rings (SSSR count). The molecule has 2 aromatic carbocycles. The average Bonchev–Trinajstić information content (AvgIpc) is 2.41. The number of nitrogens with two attached hydrogens (primary N) is 1. The maximum absolute atomic E-state index is 13.6. The van der Waals surface area contributed by atoms with Gasteiger partial charge >= 0.3 is 0 Å². The van der Waals surface area contributed by atoms with Gasteiger partial charge in [-0.3, -0.25) is 4.79 Å². The van der Waals surface area contributed by atoms with Crippen molar-refractivity contribution in [1.29, 1.82) is 0 Å². The third kappa shape index (κ3) is 3.78. The van der Waals surface area contributed by atoms with Crippen LogP contribution < -0.4 is 11.1 Å². The Labute approximate surface area is 121 Å². The lowest BCUT2D eigenvalue weighted by Crippen LogP contribution is -2.29. The Kier molecular flexibility index (Phi) is 4.52. The highest BCUT2D eigenvalue weighted by molar-refractivity contribution is 5.79. The van der Waals surface area contributed by atoms with Crippen LogP contribution in [0, 0.1) is 11.6 Å². The summed E-state index contributed by atoms with van der Waals surface area (Å²) in [5.41, 5.74) is 6.82. The molecule has 0 saturated heterocycles. The number of benzene rings is 2. The van der Waals surface area contributed by atoms with Crippen molar-refractivity contribution in [2.75, 3.05) is 5.73 Å². The number of carbonyl (C=O) groups excluding carboxylic acids is 1. The molecule has 0 fully saturated rings. The Morgan fingerprint density at radius 3 is 2.29 bits per heavy atom. The third-order valence-electron chi connectivity index (χ3n) is 3.15. The van der Waals surface area contributed by atoms with E-state index >= 15 is 0 Å². The Bertz CT molecular complexity index is 621. The van der Waals surface area contributed by atoms with Gasteiger partial charge in [-0.25, -0.2) is 8.78 Å². The summed E-state index contributed by atoms with van der Waals surface area (Å²) in [4.78, 5) is 11.9. The average molecular weight is 290 g/mol. The molecule has 1 amide bonds. The fourth-order valence-corrected chi connectivity index (χ4v) is 2.11. The molecule has 3 nitrogen and oxygen atoms in total. The third-order valence-corrected chi connectivity index (χ3v) is 3.15. The van der Waals surface area contributed by atoms with E-state index in [1.807, 2.05) is 0 Å². The van der Waals surface area contributed by atoms with Crippen LogP contribution in [0.1, 0.15) is 24.1 Å². The van der Waals surface area contributed by atoms with Crippen LogP contribution in [0.4, 0.5) is 14.5 Å². The lowest BCUT2D eigenvalue weighted by molar-refractivity contribution is -0.121. The van der Waals surface area contributed by atoms with Crippen molar-refractivity contribution >= 4 is 11.6 Å². The number of amides is 1. The number of hydrogen-bond acceptors (Lipinski definition) is 2. The second kappa shape index (κ2) is 6.35. The molecule has 0 aliphatic heterocycles. The second-order valence-corrected chi connectivity index (χ2v) is 4.84. The molecule has 5 heteroatoms. The maximum Gasteiger partial charge on any atom is 0.224 e. The van der Waals surface area contributed by atoms with Crippen LogP contribution in [0.5, 0.6) is 0 Å². The van der Waals surface area contributed by atoms with E-state index in [0.717, 1.165) is 5.56 Å². The molecule has 0 aromatic heterocycles. The number of anilines is 1. The van der Waals surface area contributed by atoms with Gasteiger partial charge in [0.1, 0.15) is 11.6 Å². The van der Waals surface area contributed by atoms with Crippen LogP contribution in [0.25, 0.3) is 0 Å². The Morgan fingerprint density at radius 2 is 1.71 bits per heavy atom. The molecule has 110 valence electrons. The molecule has 0 aliphatic rings. The monoisotopic (exact) mass is 290 g/mol. The topological polar surface area (TPSA) is 55.1 Å². The first-order chi connectivity index (χ1) is 9.97. The van der Waals surface area contributed by atoms with Gasteiger partial charge in [0, 0.05) is 11.3 Å². The van der Waals surface area contributed by atoms with Gasteiger partial charge in [0.2, 0.25) is 5.91 Å². The number of rotatable bonds is 4. The van der Waals surface area contributed by atoms with E-state index in [9.17, 15) is 13.6 Å². The molecule has 3 N–H and O–H groups in total. The minimum Gasteiger partial charge on any atom is -0.399 e. The molecular formula is C16H16F2N2O. The first-order valence-corrected chi connectivity index (χ1v) is 6.55. The number of hydrogen-bond donors (Lipinski definition) is 2. The molecule has 0 bridgehead atoms. The minimum absolute atomic E-state index is 0.126. The first kappa shape index (κ1) is 15.0. The van der Waals surface area contributed by atoms with Crippen LogP contribution in [-0.2, 0) is 11.2 Å². The zero-order valence-electron chi connectivity index (χ0n) is 11.6. The van der Waals surface area contributed by atoms with Gasteiger partial charge in [-0.05, 0) is 36.8 Å². The van der Waals surface area contributed by atoms with Crippen molar-refractivity contribution in [3.8, 4) is 0 Å². The van der Waals surface area contributed by atoms with E-state index in [-0.39, 0.29) is 17.9 Å². The minimum atomic E-state index is -0.743. The summed E-state index contributed by atoms with van der Waals surface area (Å²) >= 11 is 0. The lowest BCUT2D eigenvalue weighted by Gasteiger charge is -2.16. The van der Waals surface area contributed by atoms with Crippen molar-refractivity contribution in [3.05, 3.63) is 65.2 Å². The molecule has 0 saturated carbocycles. The van der Waals surface area contributed by atoms with Gasteiger partial charge in [0.25, 0.3) is 0 Å². The lowest BCUT2D eigenvalue weighted by atomic mass is 10.1. The normalized spacial score (nSPS) is 12.0. The predicted molar refractivity (Wildman–Crippen MR) is 77.5 cm³/mol. The first-order valence-electron chi connectivity index (χ1n) is 6.55. The molecule has 1 unspecified atom stereocenters. The van der Waals surface area contributed by atoms with E-state index in [1.165, 1.54) is 18.2 Å². The zero-order valence-corrected chi connectivity index (χ0v) is 11.6. The van der Waals surface area contributed by atoms with Gasteiger partial charge in [-0.15, -0.1) is 0 Å². The molecule has 0 spiro atoms. The molecule has 2 aromatic rings. The maximum atomic E-state index is 13.6.